The standard InChI is InChI=1S/C11H20O5/c1-4-16-10(13)6-9(12)8(11(14)15)5-7(2)3/h7-9,12H,4-6H2,1-3H3,(H,14,15). The number of carboxylic acid groups (broad SMARTS) is 1. The van der Waals surface area contributed by atoms with Crippen LogP contribution in [0, 0.1) is 11.8 Å². The number of carboxylic acids is 1. The number of aliphatic carboxylic acids is 1. The van der Waals surface area contributed by atoms with Gasteiger partial charge in [-0.15, -0.1) is 0 Å². The van der Waals surface area contributed by atoms with Crippen molar-refractivity contribution in [3.8, 4) is 0 Å². The Morgan fingerprint density at radius 1 is 1.31 bits per heavy atom. The Bertz CT molecular complexity index is 237. The maximum absolute atomic E-state index is 11.1. The van der Waals surface area contributed by atoms with Crippen molar-refractivity contribution in [3.63, 3.8) is 0 Å². The van der Waals surface area contributed by atoms with Gasteiger partial charge in [-0.3, -0.25) is 9.59 Å². The van der Waals surface area contributed by atoms with Gasteiger partial charge in [-0.1, -0.05) is 13.8 Å². The average Bonchev–Trinajstić information content (AvgIpc) is 2.13. The molecule has 0 aromatic carbocycles. The number of aliphatic hydroxyl groups is 1. The minimum Gasteiger partial charge on any atom is -0.481 e. The van der Waals surface area contributed by atoms with Crippen molar-refractivity contribution in [2.24, 2.45) is 11.8 Å². The van der Waals surface area contributed by atoms with E-state index >= 15 is 0 Å². The Labute approximate surface area is 95.4 Å². The predicted molar refractivity (Wildman–Crippen MR) is 57.8 cm³/mol. The summed E-state index contributed by atoms with van der Waals surface area (Å²) in [5, 5.41) is 18.6. The zero-order valence-corrected chi connectivity index (χ0v) is 9.97. The van der Waals surface area contributed by atoms with E-state index in [2.05, 4.69) is 4.74 Å². The lowest BCUT2D eigenvalue weighted by Gasteiger charge is -2.19. The van der Waals surface area contributed by atoms with Crippen LogP contribution in [0.15, 0.2) is 0 Å². The molecule has 0 saturated carbocycles. The lowest BCUT2D eigenvalue weighted by Crippen LogP contribution is -2.31. The fourth-order valence-corrected chi connectivity index (χ4v) is 1.46. The van der Waals surface area contributed by atoms with Gasteiger partial charge in [0.15, 0.2) is 0 Å². The minimum atomic E-state index is -1.18. The molecule has 0 aliphatic rings. The van der Waals surface area contributed by atoms with E-state index in [1.54, 1.807) is 6.92 Å². The third kappa shape index (κ3) is 5.70. The van der Waals surface area contributed by atoms with Gasteiger partial charge < -0.3 is 14.9 Å². The molecular weight excluding hydrogens is 212 g/mol. The van der Waals surface area contributed by atoms with Crippen LogP contribution in [0.3, 0.4) is 0 Å². The van der Waals surface area contributed by atoms with Gasteiger partial charge in [0.1, 0.15) is 0 Å². The van der Waals surface area contributed by atoms with E-state index in [0.717, 1.165) is 0 Å². The predicted octanol–water partition coefficient (Wildman–Crippen LogP) is 1.05. The molecule has 0 saturated heterocycles. The molecule has 0 radical (unpaired) electrons. The maximum atomic E-state index is 11.1. The maximum Gasteiger partial charge on any atom is 0.309 e. The Balaban J connectivity index is 4.32. The van der Waals surface area contributed by atoms with Gasteiger partial charge in [0, 0.05) is 0 Å². The molecule has 0 fully saturated rings. The number of hydrogen-bond acceptors (Lipinski definition) is 4. The van der Waals surface area contributed by atoms with Gasteiger partial charge in [-0.2, -0.15) is 0 Å². The summed E-state index contributed by atoms with van der Waals surface area (Å²) in [5.41, 5.74) is 0. The lowest BCUT2D eigenvalue weighted by molar-refractivity contribution is -0.151. The smallest absolute Gasteiger partial charge is 0.309 e. The Hall–Kier alpha value is -1.10. The van der Waals surface area contributed by atoms with E-state index in [0.29, 0.717) is 6.42 Å². The third-order valence-electron chi connectivity index (χ3n) is 2.19. The number of carbonyl (C=O) groups is 2. The van der Waals surface area contributed by atoms with Crippen LogP contribution in [0.2, 0.25) is 0 Å². The van der Waals surface area contributed by atoms with Crippen molar-refractivity contribution >= 4 is 11.9 Å². The van der Waals surface area contributed by atoms with Crippen molar-refractivity contribution in [2.75, 3.05) is 6.61 Å². The molecule has 2 atom stereocenters. The molecule has 0 aliphatic carbocycles. The van der Waals surface area contributed by atoms with Crippen LogP contribution in [0.1, 0.15) is 33.6 Å². The molecule has 94 valence electrons. The van der Waals surface area contributed by atoms with Gasteiger partial charge in [0.2, 0.25) is 0 Å². The highest BCUT2D eigenvalue weighted by Gasteiger charge is 2.29. The topological polar surface area (TPSA) is 83.8 Å². The molecule has 0 heterocycles. The monoisotopic (exact) mass is 232 g/mol. The fourth-order valence-electron chi connectivity index (χ4n) is 1.46. The molecule has 16 heavy (non-hydrogen) atoms. The van der Waals surface area contributed by atoms with Gasteiger partial charge >= 0.3 is 11.9 Å². The molecule has 5 heteroatoms. The normalized spacial score (nSPS) is 14.6. The van der Waals surface area contributed by atoms with Crippen LogP contribution < -0.4 is 0 Å². The molecule has 0 aliphatic heterocycles. The highest BCUT2D eigenvalue weighted by molar-refractivity contribution is 5.74. The highest BCUT2D eigenvalue weighted by Crippen LogP contribution is 2.18. The molecule has 0 aromatic rings. The summed E-state index contributed by atoms with van der Waals surface area (Å²) in [4.78, 5) is 22.0. The number of carbonyl (C=O) groups excluding carboxylic acids is 1. The van der Waals surface area contributed by atoms with Gasteiger partial charge in [-0.05, 0) is 19.3 Å². The van der Waals surface area contributed by atoms with E-state index in [1.165, 1.54) is 0 Å². The first-order valence-electron chi connectivity index (χ1n) is 5.44. The van der Waals surface area contributed by atoms with Crippen molar-refractivity contribution in [1.29, 1.82) is 0 Å². The van der Waals surface area contributed by atoms with Gasteiger partial charge in [-0.25, -0.2) is 0 Å². The average molecular weight is 232 g/mol. The second-order valence-electron chi connectivity index (χ2n) is 4.15. The number of esters is 1. The molecule has 5 nitrogen and oxygen atoms in total. The quantitative estimate of drug-likeness (QED) is 0.641. The molecule has 0 spiro atoms. The number of hydrogen-bond donors (Lipinski definition) is 2. The fraction of sp³-hybridized carbons (Fsp3) is 0.818. The SMILES string of the molecule is CCOC(=O)CC(O)C(CC(C)C)C(=O)O. The van der Waals surface area contributed by atoms with Crippen molar-refractivity contribution < 1.29 is 24.5 Å². The molecule has 0 amide bonds. The minimum absolute atomic E-state index is 0.151. The molecule has 2 unspecified atom stereocenters. The molecule has 0 bridgehead atoms. The first-order chi connectivity index (χ1) is 7.38. The largest absolute Gasteiger partial charge is 0.481 e. The van der Waals surface area contributed by atoms with Crippen LogP contribution in [-0.2, 0) is 14.3 Å². The summed E-state index contributed by atoms with van der Waals surface area (Å²) < 4.78 is 4.66. The van der Waals surface area contributed by atoms with Gasteiger partial charge in [0.05, 0.1) is 25.0 Å². The molecule has 0 rings (SSSR count). The van der Waals surface area contributed by atoms with Crippen LogP contribution >= 0.6 is 0 Å². The zero-order valence-electron chi connectivity index (χ0n) is 9.97. The summed E-state index contributed by atoms with van der Waals surface area (Å²) in [6, 6.07) is 0. The van der Waals surface area contributed by atoms with Crippen LogP contribution in [0.4, 0.5) is 0 Å². The summed E-state index contributed by atoms with van der Waals surface area (Å²) in [6.07, 6.45) is -1.10. The first kappa shape index (κ1) is 14.9. The van der Waals surface area contributed by atoms with Crippen LogP contribution in [-0.4, -0.2) is 34.9 Å². The summed E-state index contributed by atoms with van der Waals surface area (Å²) >= 11 is 0. The Morgan fingerprint density at radius 3 is 2.25 bits per heavy atom. The molecular formula is C11H20O5. The van der Waals surface area contributed by atoms with E-state index in [-0.39, 0.29) is 18.9 Å². The highest BCUT2D eigenvalue weighted by atomic mass is 16.5. The number of ether oxygens (including phenoxy) is 1. The molecule has 0 aromatic heterocycles. The lowest BCUT2D eigenvalue weighted by atomic mass is 9.90. The summed E-state index contributed by atoms with van der Waals surface area (Å²) in [6.45, 7) is 5.63. The zero-order chi connectivity index (χ0) is 12.7. The number of aliphatic hydroxyl groups excluding tert-OH is 1. The van der Waals surface area contributed by atoms with Crippen molar-refractivity contribution in [1.82, 2.24) is 0 Å². The van der Waals surface area contributed by atoms with E-state index in [9.17, 15) is 14.7 Å². The van der Waals surface area contributed by atoms with E-state index in [1.807, 2.05) is 13.8 Å². The van der Waals surface area contributed by atoms with Crippen LogP contribution in [0.25, 0.3) is 0 Å². The van der Waals surface area contributed by atoms with Crippen LogP contribution in [0.5, 0.6) is 0 Å². The van der Waals surface area contributed by atoms with Crippen molar-refractivity contribution in [2.45, 2.75) is 39.7 Å². The first-order valence-corrected chi connectivity index (χ1v) is 5.44. The van der Waals surface area contributed by atoms with E-state index < -0.39 is 24.0 Å². The molecule has 2 N–H and O–H groups in total. The third-order valence-corrected chi connectivity index (χ3v) is 2.19. The Morgan fingerprint density at radius 2 is 1.88 bits per heavy atom. The van der Waals surface area contributed by atoms with E-state index in [4.69, 9.17) is 5.11 Å². The number of rotatable bonds is 7. The van der Waals surface area contributed by atoms with Crippen molar-refractivity contribution in [3.05, 3.63) is 0 Å². The summed E-state index contributed by atoms with van der Waals surface area (Å²) in [7, 11) is 0. The van der Waals surface area contributed by atoms with Gasteiger partial charge in [0.25, 0.3) is 0 Å². The Kier molecular flexibility index (Phi) is 6.72. The summed E-state index contributed by atoms with van der Waals surface area (Å²) in [5.74, 6) is -2.40. The second kappa shape index (κ2) is 7.22. The second-order valence-corrected chi connectivity index (χ2v) is 4.15.